The Morgan fingerprint density at radius 3 is 2.55 bits per heavy atom. The molecule has 0 bridgehead atoms. The quantitative estimate of drug-likeness (QED) is 0.243. The monoisotopic (exact) mass is 532 g/mol. The van der Waals surface area contributed by atoms with E-state index in [4.69, 9.17) is 9.47 Å². The maximum Gasteiger partial charge on any atom is 0.295 e. The number of hydrogen-bond donors (Lipinski definition) is 1. The molecule has 0 aliphatic carbocycles. The van der Waals surface area contributed by atoms with Crippen LogP contribution in [0.25, 0.3) is 5.76 Å². The van der Waals surface area contributed by atoms with Gasteiger partial charge in [-0.25, -0.2) is 0 Å². The first-order valence-electron chi connectivity index (χ1n) is 12.9. The van der Waals surface area contributed by atoms with E-state index in [-0.39, 0.29) is 11.3 Å². The van der Waals surface area contributed by atoms with Crippen LogP contribution in [0.3, 0.4) is 0 Å². The number of nitrogens with zero attached hydrogens (tertiary/aromatic N) is 2. The first-order chi connectivity index (χ1) is 18.5. The zero-order valence-corrected chi connectivity index (χ0v) is 22.3. The number of benzene rings is 2. The second-order valence-corrected chi connectivity index (χ2v) is 10.6. The number of carbonyl (C=O) groups is 2. The Labute approximate surface area is 226 Å². The van der Waals surface area contributed by atoms with Gasteiger partial charge in [0.05, 0.1) is 24.8 Å². The maximum absolute atomic E-state index is 13.2. The van der Waals surface area contributed by atoms with E-state index in [9.17, 15) is 14.7 Å². The fourth-order valence-corrected chi connectivity index (χ4v) is 5.82. The summed E-state index contributed by atoms with van der Waals surface area (Å²) in [5, 5.41) is 13.2. The largest absolute Gasteiger partial charge is 0.507 e. The third-order valence-electron chi connectivity index (χ3n) is 6.95. The lowest BCUT2D eigenvalue weighted by Crippen LogP contribution is -2.38. The molecule has 2 saturated heterocycles. The van der Waals surface area contributed by atoms with Crippen molar-refractivity contribution in [2.24, 2.45) is 0 Å². The molecule has 1 N–H and O–H groups in total. The second-order valence-electron chi connectivity index (χ2n) is 9.62. The highest BCUT2D eigenvalue weighted by molar-refractivity contribution is 7.10. The average Bonchev–Trinajstić information content (AvgIpc) is 3.55. The molecule has 2 aromatic carbocycles. The Morgan fingerprint density at radius 2 is 1.84 bits per heavy atom. The summed E-state index contributed by atoms with van der Waals surface area (Å²) >= 11 is 1.48. The Bertz CT molecular complexity index is 1300. The standard InChI is InChI=1S/C30H32N2O5S/c1-21-5-2-6-22(19-21)20-37-24-10-8-23(9-11-24)28(33)26-27(25-7-3-18-38-25)32(30(35)29(26)34)13-4-12-31-14-16-36-17-15-31/h2-3,5-11,18-19,27,33H,4,12-17,20H2,1H3/b28-26+/t27-/m1/s1. The van der Waals surface area contributed by atoms with Gasteiger partial charge in [-0.15, -0.1) is 11.3 Å². The fourth-order valence-electron chi connectivity index (χ4n) is 4.98. The predicted molar refractivity (Wildman–Crippen MR) is 147 cm³/mol. The van der Waals surface area contributed by atoms with E-state index < -0.39 is 17.7 Å². The van der Waals surface area contributed by atoms with Gasteiger partial charge in [0.1, 0.15) is 18.1 Å². The zero-order valence-electron chi connectivity index (χ0n) is 21.5. The van der Waals surface area contributed by atoms with E-state index in [2.05, 4.69) is 11.0 Å². The molecule has 5 rings (SSSR count). The maximum atomic E-state index is 13.2. The number of aryl methyl sites for hydroxylation is 1. The molecular formula is C30H32N2O5S. The van der Waals surface area contributed by atoms with Gasteiger partial charge in [-0.3, -0.25) is 14.5 Å². The minimum atomic E-state index is -0.646. The summed E-state index contributed by atoms with van der Waals surface area (Å²) in [5.41, 5.74) is 2.85. The first kappa shape index (κ1) is 26.2. The number of hydrogen-bond acceptors (Lipinski definition) is 7. The molecule has 7 nitrogen and oxygen atoms in total. The molecule has 2 aliphatic heterocycles. The molecule has 0 radical (unpaired) electrons. The van der Waals surface area contributed by atoms with Crippen molar-refractivity contribution in [1.82, 2.24) is 9.80 Å². The molecule has 1 aromatic heterocycles. The van der Waals surface area contributed by atoms with Gasteiger partial charge in [-0.2, -0.15) is 0 Å². The van der Waals surface area contributed by atoms with Gasteiger partial charge in [0.25, 0.3) is 11.7 Å². The van der Waals surface area contributed by atoms with Gasteiger partial charge in [0, 0.05) is 36.6 Å². The Balaban J connectivity index is 1.34. The molecule has 1 atom stereocenters. The SMILES string of the molecule is Cc1cccc(COc2ccc(/C(O)=C3\C(=O)C(=O)N(CCCN4CCOCC4)[C@@H]3c3cccs3)cc2)c1. The minimum Gasteiger partial charge on any atom is -0.507 e. The van der Waals surface area contributed by atoms with E-state index in [1.165, 1.54) is 16.9 Å². The molecule has 8 heteroatoms. The van der Waals surface area contributed by atoms with Crippen LogP contribution in [0.1, 0.15) is 34.0 Å². The number of amides is 1. The molecule has 2 fully saturated rings. The lowest BCUT2D eigenvalue weighted by atomic mass is 10.00. The first-order valence-corrected chi connectivity index (χ1v) is 13.8. The average molecular weight is 533 g/mol. The number of aliphatic hydroxyl groups excluding tert-OH is 1. The zero-order chi connectivity index (χ0) is 26.5. The third kappa shape index (κ3) is 5.83. The molecule has 0 saturated carbocycles. The van der Waals surface area contributed by atoms with E-state index in [1.807, 2.05) is 42.6 Å². The van der Waals surface area contributed by atoms with E-state index in [0.29, 0.717) is 24.5 Å². The summed E-state index contributed by atoms with van der Waals surface area (Å²) in [6, 6.07) is 18.3. The fraction of sp³-hybridized carbons (Fsp3) is 0.333. The van der Waals surface area contributed by atoms with Crippen molar-refractivity contribution in [3.05, 3.63) is 93.2 Å². The number of Topliss-reactive ketones (excluding diaryl/α,β-unsaturated/α-hetero) is 1. The van der Waals surface area contributed by atoms with Crippen LogP contribution in [-0.4, -0.2) is 66.0 Å². The number of rotatable bonds is 9. The number of ketones is 1. The van der Waals surface area contributed by atoms with Gasteiger partial charge >= 0.3 is 0 Å². The molecule has 3 aromatic rings. The van der Waals surface area contributed by atoms with Crippen LogP contribution in [0, 0.1) is 6.92 Å². The minimum absolute atomic E-state index is 0.136. The highest BCUT2D eigenvalue weighted by Crippen LogP contribution is 2.41. The Hall–Kier alpha value is -3.46. The highest BCUT2D eigenvalue weighted by atomic mass is 32.1. The molecule has 0 spiro atoms. The van der Waals surface area contributed by atoms with Crippen molar-refractivity contribution in [3.63, 3.8) is 0 Å². The van der Waals surface area contributed by atoms with Crippen molar-refractivity contribution >= 4 is 28.8 Å². The van der Waals surface area contributed by atoms with Crippen molar-refractivity contribution in [2.45, 2.75) is 26.0 Å². The number of likely N-dealkylation sites (tertiary alicyclic amines) is 1. The molecule has 198 valence electrons. The molecule has 38 heavy (non-hydrogen) atoms. The van der Waals surface area contributed by atoms with Crippen LogP contribution < -0.4 is 4.74 Å². The highest BCUT2D eigenvalue weighted by Gasteiger charge is 2.46. The van der Waals surface area contributed by atoms with Crippen molar-refractivity contribution in [1.29, 1.82) is 0 Å². The van der Waals surface area contributed by atoms with Gasteiger partial charge in [0.2, 0.25) is 0 Å². The summed E-state index contributed by atoms with van der Waals surface area (Å²) in [6.45, 7) is 6.92. The molecule has 1 amide bonds. The van der Waals surface area contributed by atoms with Crippen molar-refractivity contribution < 1.29 is 24.2 Å². The number of carbonyl (C=O) groups excluding carboxylic acids is 2. The van der Waals surface area contributed by atoms with Crippen LogP contribution in [0.5, 0.6) is 5.75 Å². The number of morpholine rings is 1. The summed E-state index contributed by atoms with van der Waals surface area (Å²) < 4.78 is 11.3. The van der Waals surface area contributed by atoms with E-state index in [0.717, 1.165) is 49.7 Å². The van der Waals surface area contributed by atoms with E-state index >= 15 is 0 Å². The van der Waals surface area contributed by atoms with Gasteiger partial charge in [0.15, 0.2) is 0 Å². The van der Waals surface area contributed by atoms with Crippen molar-refractivity contribution in [3.8, 4) is 5.75 Å². The Kier molecular flexibility index (Phi) is 8.22. The summed E-state index contributed by atoms with van der Waals surface area (Å²) in [5.74, 6) is -0.721. The van der Waals surface area contributed by atoms with Crippen LogP contribution >= 0.6 is 11.3 Å². The Morgan fingerprint density at radius 1 is 1.05 bits per heavy atom. The number of ether oxygens (including phenoxy) is 2. The summed E-state index contributed by atoms with van der Waals surface area (Å²) in [4.78, 5) is 31.1. The van der Waals surface area contributed by atoms with Crippen LogP contribution in [-0.2, 0) is 20.9 Å². The summed E-state index contributed by atoms with van der Waals surface area (Å²) in [6.07, 6.45) is 0.738. The van der Waals surface area contributed by atoms with Gasteiger partial charge in [-0.1, -0.05) is 35.9 Å². The van der Waals surface area contributed by atoms with Crippen molar-refractivity contribution in [2.75, 3.05) is 39.4 Å². The smallest absolute Gasteiger partial charge is 0.295 e. The van der Waals surface area contributed by atoms with Gasteiger partial charge < -0.3 is 19.5 Å². The topological polar surface area (TPSA) is 79.3 Å². The third-order valence-corrected chi connectivity index (χ3v) is 7.87. The van der Waals surface area contributed by atoms with Crippen LogP contribution in [0.4, 0.5) is 0 Å². The second kappa shape index (κ2) is 11.9. The van der Waals surface area contributed by atoms with Crippen LogP contribution in [0.15, 0.2) is 71.6 Å². The molecule has 3 heterocycles. The lowest BCUT2D eigenvalue weighted by Gasteiger charge is -2.28. The summed E-state index contributed by atoms with van der Waals surface area (Å²) in [7, 11) is 0. The molecule has 2 aliphatic rings. The van der Waals surface area contributed by atoms with Gasteiger partial charge in [-0.05, 0) is 54.6 Å². The lowest BCUT2D eigenvalue weighted by molar-refractivity contribution is -0.140. The van der Waals surface area contributed by atoms with Crippen LogP contribution in [0.2, 0.25) is 0 Å². The number of thiophene rings is 1. The normalized spacial score (nSPS) is 19.7. The van der Waals surface area contributed by atoms with E-state index in [1.54, 1.807) is 29.2 Å². The molecular weight excluding hydrogens is 500 g/mol. The number of aliphatic hydroxyl groups is 1. The predicted octanol–water partition coefficient (Wildman–Crippen LogP) is 4.78. The molecule has 0 unspecified atom stereocenters.